The van der Waals surface area contributed by atoms with Crippen molar-refractivity contribution in [1.82, 2.24) is 4.90 Å². The van der Waals surface area contributed by atoms with E-state index in [4.69, 9.17) is 14.5 Å². The van der Waals surface area contributed by atoms with Crippen LogP contribution in [0.2, 0.25) is 0 Å². The summed E-state index contributed by atoms with van der Waals surface area (Å²) < 4.78 is 11.7. The molecule has 0 N–H and O–H groups in total. The van der Waals surface area contributed by atoms with Gasteiger partial charge in [-0.15, -0.1) is 0 Å². The highest BCUT2D eigenvalue weighted by Gasteiger charge is 2.35. The molecule has 0 saturated heterocycles. The van der Waals surface area contributed by atoms with Crippen LogP contribution in [0.5, 0.6) is 11.5 Å². The molecule has 0 amide bonds. The molecule has 0 aromatic heterocycles. The van der Waals surface area contributed by atoms with Crippen LogP contribution >= 0.6 is 11.8 Å². The van der Waals surface area contributed by atoms with Gasteiger partial charge in [-0.25, -0.2) is 4.99 Å². The molecule has 0 aliphatic carbocycles. The number of thioether (sulfide) groups is 1. The Morgan fingerprint density at radius 2 is 1.88 bits per heavy atom. The molecule has 9 heteroatoms. The maximum atomic E-state index is 12.6. The molecule has 2 aromatic carbocycles. The van der Waals surface area contributed by atoms with Crippen LogP contribution in [0.4, 0.5) is 5.69 Å². The minimum absolute atomic E-state index is 0.174. The number of amidine groups is 1. The Labute approximate surface area is 197 Å². The van der Waals surface area contributed by atoms with Crippen LogP contribution in [0.3, 0.4) is 0 Å². The van der Waals surface area contributed by atoms with Gasteiger partial charge in [0.2, 0.25) is 0 Å². The summed E-state index contributed by atoms with van der Waals surface area (Å²) in [7, 11) is 1.82. The van der Waals surface area contributed by atoms with Gasteiger partial charge in [-0.1, -0.05) is 42.1 Å². The number of hydrogen-bond donors (Lipinski definition) is 0. The summed E-state index contributed by atoms with van der Waals surface area (Å²) in [6.07, 6.45) is 1.87. The van der Waals surface area contributed by atoms with Gasteiger partial charge < -0.3 is 14.4 Å². The Kier molecular flexibility index (Phi) is 7.75. The van der Waals surface area contributed by atoms with E-state index in [1.54, 1.807) is 6.07 Å². The molecule has 0 radical (unpaired) electrons. The van der Waals surface area contributed by atoms with Crippen molar-refractivity contribution in [2.75, 3.05) is 19.9 Å². The summed E-state index contributed by atoms with van der Waals surface area (Å²) in [5.41, 5.74) is 2.17. The van der Waals surface area contributed by atoms with Crippen molar-refractivity contribution in [2.45, 2.75) is 33.4 Å². The van der Waals surface area contributed by atoms with Crippen LogP contribution in [-0.2, 0) is 11.4 Å². The number of rotatable bonds is 8. The monoisotopic (exact) mass is 469 g/mol. The molecule has 174 valence electrons. The summed E-state index contributed by atoms with van der Waals surface area (Å²) >= 11 is 1.41. The minimum Gasteiger partial charge on any atom is -0.490 e. The number of benzene rings is 2. The maximum absolute atomic E-state index is 12.6. The van der Waals surface area contributed by atoms with E-state index in [9.17, 15) is 14.9 Å². The Morgan fingerprint density at radius 3 is 2.45 bits per heavy atom. The largest absolute Gasteiger partial charge is 0.490 e. The van der Waals surface area contributed by atoms with Gasteiger partial charge in [0.25, 0.3) is 5.69 Å². The van der Waals surface area contributed by atoms with Crippen LogP contribution < -0.4 is 9.47 Å². The molecule has 0 saturated carbocycles. The van der Waals surface area contributed by atoms with E-state index in [2.05, 4.69) is 0 Å². The van der Waals surface area contributed by atoms with Crippen LogP contribution in [0.25, 0.3) is 0 Å². The lowest BCUT2D eigenvalue weighted by molar-refractivity contribution is -0.385. The van der Waals surface area contributed by atoms with Gasteiger partial charge in [0, 0.05) is 18.3 Å². The first-order valence-corrected chi connectivity index (χ1v) is 11.7. The second-order valence-corrected chi connectivity index (χ2v) is 8.23. The Bertz CT molecular complexity index is 1110. The number of carbonyl (C=O) groups excluding carboxylic acids is 1. The molecular formula is C24H27N3O5S. The van der Waals surface area contributed by atoms with Gasteiger partial charge in [0.15, 0.2) is 22.4 Å². The van der Waals surface area contributed by atoms with Crippen LogP contribution in [-0.4, -0.2) is 40.7 Å². The summed E-state index contributed by atoms with van der Waals surface area (Å²) in [4.78, 5) is 30.7. The number of nitrogens with zero attached hydrogens (tertiary/aromatic N) is 3. The Balaban J connectivity index is 2.14. The van der Waals surface area contributed by atoms with Crippen LogP contribution in [0, 0.1) is 10.1 Å². The minimum atomic E-state index is -0.816. The van der Waals surface area contributed by atoms with E-state index < -0.39 is 11.0 Å². The molecule has 33 heavy (non-hydrogen) atoms. The molecule has 2 aromatic rings. The van der Waals surface area contributed by atoms with Crippen molar-refractivity contribution in [1.29, 1.82) is 0 Å². The number of aliphatic imine (C=N–C) groups is 1. The van der Waals surface area contributed by atoms with Crippen LogP contribution in [0.15, 0.2) is 58.7 Å². The van der Waals surface area contributed by atoms with E-state index in [0.29, 0.717) is 34.4 Å². The van der Waals surface area contributed by atoms with Crippen molar-refractivity contribution in [3.63, 3.8) is 0 Å². The zero-order valence-electron chi connectivity index (χ0n) is 19.3. The number of nitro benzene ring substituents is 1. The predicted octanol–water partition coefficient (Wildman–Crippen LogP) is 5.14. The van der Waals surface area contributed by atoms with Gasteiger partial charge in [-0.05, 0) is 38.7 Å². The number of nitro groups is 1. The fraction of sp³-hybridized carbons (Fsp3) is 0.333. The fourth-order valence-corrected chi connectivity index (χ4v) is 4.33. The topological polar surface area (TPSA) is 94.3 Å². The molecule has 0 bridgehead atoms. The third-order valence-corrected chi connectivity index (χ3v) is 6.12. The standard InChI is InChI=1S/C24H27N3O5S/c1-6-31-20-12-18(23-22(16(3)28)15(2)26(4)24(25-23)33-5)19(27(29)30)13-21(20)32-14-17-10-8-7-9-11-17/h7-13,23H,6,14H2,1-5H3/t23-/m1/s1. The summed E-state index contributed by atoms with van der Waals surface area (Å²) in [5, 5.41) is 12.7. The smallest absolute Gasteiger partial charge is 0.279 e. The predicted molar refractivity (Wildman–Crippen MR) is 130 cm³/mol. The summed E-state index contributed by atoms with van der Waals surface area (Å²) in [5.74, 6) is 0.447. The van der Waals surface area contributed by atoms with E-state index in [0.717, 1.165) is 5.56 Å². The molecule has 0 spiro atoms. The normalized spacial score (nSPS) is 15.8. The number of carbonyl (C=O) groups is 1. The molecular weight excluding hydrogens is 442 g/mol. The zero-order valence-corrected chi connectivity index (χ0v) is 20.1. The highest BCUT2D eigenvalue weighted by atomic mass is 32.2. The number of ketones is 1. The Hall–Kier alpha value is -3.33. The number of hydrogen-bond acceptors (Lipinski definition) is 8. The van der Waals surface area contributed by atoms with E-state index in [1.807, 2.05) is 62.4 Å². The molecule has 1 aliphatic rings. The first kappa shape index (κ1) is 24.3. The van der Waals surface area contributed by atoms with Crippen molar-refractivity contribution < 1.29 is 19.2 Å². The number of ether oxygens (including phenoxy) is 2. The molecule has 1 atom stereocenters. The average molecular weight is 470 g/mol. The number of Topliss-reactive ketones (excluding diaryl/α,β-unsaturated/α-hetero) is 1. The van der Waals surface area contributed by atoms with Crippen molar-refractivity contribution in [2.24, 2.45) is 4.99 Å². The zero-order chi connectivity index (χ0) is 24.1. The van der Waals surface area contributed by atoms with Gasteiger partial charge in [0.05, 0.1) is 23.2 Å². The van der Waals surface area contributed by atoms with Crippen molar-refractivity contribution in [3.05, 3.63) is 75.0 Å². The van der Waals surface area contributed by atoms with Gasteiger partial charge >= 0.3 is 0 Å². The van der Waals surface area contributed by atoms with Gasteiger partial charge in [0.1, 0.15) is 12.6 Å². The highest BCUT2D eigenvalue weighted by molar-refractivity contribution is 8.13. The summed E-state index contributed by atoms with van der Waals surface area (Å²) in [6.45, 7) is 5.68. The molecule has 0 unspecified atom stereocenters. The van der Waals surface area contributed by atoms with Crippen molar-refractivity contribution in [3.8, 4) is 11.5 Å². The third kappa shape index (κ3) is 5.19. The molecule has 1 aliphatic heterocycles. The quantitative estimate of drug-likeness (QED) is 0.390. The lowest BCUT2D eigenvalue weighted by Gasteiger charge is -2.31. The van der Waals surface area contributed by atoms with Gasteiger partial charge in [-0.2, -0.15) is 0 Å². The highest BCUT2D eigenvalue weighted by Crippen LogP contribution is 2.44. The molecule has 0 fully saturated rings. The molecule has 3 rings (SSSR count). The van der Waals surface area contributed by atoms with Crippen LogP contribution in [0.1, 0.15) is 37.9 Å². The van der Waals surface area contributed by atoms with Gasteiger partial charge in [-0.3, -0.25) is 14.9 Å². The van der Waals surface area contributed by atoms with Crippen molar-refractivity contribution >= 4 is 28.4 Å². The second-order valence-electron chi connectivity index (χ2n) is 7.45. The van der Waals surface area contributed by atoms with E-state index in [-0.39, 0.29) is 23.8 Å². The third-order valence-electron chi connectivity index (χ3n) is 5.38. The van der Waals surface area contributed by atoms with E-state index in [1.165, 1.54) is 24.8 Å². The number of allylic oxidation sites excluding steroid dienone is 1. The first-order chi connectivity index (χ1) is 15.8. The average Bonchev–Trinajstić information content (AvgIpc) is 2.80. The summed E-state index contributed by atoms with van der Waals surface area (Å²) in [6, 6.07) is 11.6. The lowest BCUT2D eigenvalue weighted by atomic mass is 9.92. The second kappa shape index (κ2) is 10.5. The molecule has 8 nitrogen and oxygen atoms in total. The molecule has 1 heterocycles. The maximum Gasteiger partial charge on any atom is 0.279 e. The van der Waals surface area contributed by atoms with E-state index >= 15 is 0 Å². The first-order valence-electron chi connectivity index (χ1n) is 10.5. The Morgan fingerprint density at radius 1 is 1.21 bits per heavy atom. The SMILES string of the molecule is CCOc1cc([C@H]2N=C(SC)N(C)C(C)=C2C(C)=O)c([N+](=O)[O-])cc1OCc1ccccc1. The lowest BCUT2D eigenvalue weighted by Crippen LogP contribution is -2.31. The fourth-order valence-electron chi connectivity index (χ4n) is 3.70.